The van der Waals surface area contributed by atoms with Crippen molar-refractivity contribution >= 4 is 22.1 Å². The minimum absolute atomic E-state index is 0.104. The summed E-state index contributed by atoms with van der Waals surface area (Å²) in [6.45, 7) is 7.45. The molecule has 0 spiro atoms. The quantitative estimate of drug-likeness (QED) is 0.256. The van der Waals surface area contributed by atoms with Crippen LogP contribution < -0.4 is 4.74 Å². The van der Waals surface area contributed by atoms with Gasteiger partial charge in [-0.2, -0.15) is 8.42 Å². The predicted molar refractivity (Wildman–Crippen MR) is 150 cm³/mol. The van der Waals surface area contributed by atoms with E-state index in [1.54, 1.807) is 0 Å². The lowest BCUT2D eigenvalue weighted by Crippen LogP contribution is -2.53. The predicted octanol–water partition coefficient (Wildman–Crippen LogP) is 4.81. The van der Waals surface area contributed by atoms with Gasteiger partial charge in [-0.25, -0.2) is 0 Å². The van der Waals surface area contributed by atoms with E-state index in [-0.39, 0.29) is 40.3 Å². The number of rotatable bonds is 7. The molecule has 6 aliphatic carbocycles. The fourth-order valence-corrected chi connectivity index (χ4v) is 10.8. The summed E-state index contributed by atoms with van der Waals surface area (Å²) in [5.41, 5.74) is 0.559. The molecule has 0 radical (unpaired) electrons. The fourth-order valence-electron chi connectivity index (χ4n) is 10.2. The van der Waals surface area contributed by atoms with Crippen molar-refractivity contribution in [3.8, 4) is 5.75 Å². The number of aliphatic hydroxyl groups excluding tert-OH is 1. The van der Waals surface area contributed by atoms with Crippen molar-refractivity contribution in [2.24, 2.45) is 46.8 Å². The summed E-state index contributed by atoms with van der Waals surface area (Å²) in [5, 5.41) is 10.9. The zero-order valence-corrected chi connectivity index (χ0v) is 25.5. The highest BCUT2D eigenvalue weighted by Gasteiger charge is 2.70. The van der Waals surface area contributed by atoms with Crippen LogP contribution in [0.3, 0.4) is 0 Å². The molecule has 1 saturated heterocycles. The average molecular weight is 603 g/mol. The average Bonchev–Trinajstić information content (AvgIpc) is 3.51. The summed E-state index contributed by atoms with van der Waals surface area (Å²) in [6.07, 6.45) is 4.73. The number of fused-ring (bicyclic) bond motifs is 1. The summed E-state index contributed by atoms with van der Waals surface area (Å²) in [7, 11) is -4.47. The van der Waals surface area contributed by atoms with Gasteiger partial charge in [0.05, 0.1) is 16.2 Å². The Morgan fingerprint density at radius 1 is 0.929 bits per heavy atom. The monoisotopic (exact) mass is 602 g/mol. The van der Waals surface area contributed by atoms with E-state index in [1.165, 1.54) is 31.4 Å². The first-order valence-electron chi connectivity index (χ1n) is 15.7. The molecule has 7 fully saturated rings. The number of carbonyl (C=O) groups is 2. The van der Waals surface area contributed by atoms with Crippen molar-refractivity contribution in [1.82, 2.24) is 0 Å². The maximum absolute atomic E-state index is 14.0. The molecule has 9 nitrogen and oxygen atoms in total. The van der Waals surface area contributed by atoms with Gasteiger partial charge in [0.1, 0.15) is 18.0 Å². The molecule has 1 heterocycles. The molecule has 8 rings (SSSR count). The molecule has 0 amide bonds. The van der Waals surface area contributed by atoms with Gasteiger partial charge >= 0.3 is 11.9 Å². The number of hydrogen-bond donors (Lipinski definition) is 2. The Kier molecular flexibility index (Phi) is 6.67. The van der Waals surface area contributed by atoms with Crippen molar-refractivity contribution in [3.05, 3.63) is 23.3 Å². The Morgan fingerprint density at radius 2 is 1.48 bits per heavy atom. The van der Waals surface area contributed by atoms with Crippen LogP contribution in [0.4, 0.5) is 0 Å². The van der Waals surface area contributed by atoms with Gasteiger partial charge in [-0.3, -0.25) is 14.1 Å². The van der Waals surface area contributed by atoms with Crippen LogP contribution in [-0.4, -0.2) is 48.5 Å². The van der Waals surface area contributed by atoms with Crippen LogP contribution >= 0.6 is 0 Å². The van der Waals surface area contributed by atoms with Gasteiger partial charge in [-0.1, -0.05) is 27.7 Å². The molecule has 6 saturated carbocycles. The molecular weight excluding hydrogens is 560 g/mol. The molecule has 1 aliphatic heterocycles. The molecule has 1 aromatic rings. The molecular formula is C32H42O9S. The van der Waals surface area contributed by atoms with Crippen LogP contribution in [0.2, 0.25) is 0 Å². The summed E-state index contributed by atoms with van der Waals surface area (Å²) in [6, 6.07) is 2.71. The maximum Gasteiger partial charge on any atom is 0.315 e. The van der Waals surface area contributed by atoms with Gasteiger partial charge < -0.3 is 19.3 Å². The third kappa shape index (κ3) is 4.38. The van der Waals surface area contributed by atoms with Crippen molar-refractivity contribution in [2.45, 2.75) is 108 Å². The number of hydrogen-bond acceptors (Lipinski definition) is 8. The lowest BCUT2D eigenvalue weighted by Gasteiger charge is -2.55. The second-order valence-corrected chi connectivity index (χ2v) is 16.3. The van der Waals surface area contributed by atoms with Crippen molar-refractivity contribution in [2.75, 3.05) is 0 Å². The third-order valence-electron chi connectivity index (χ3n) is 11.6. The number of ether oxygens (including phenoxy) is 3. The van der Waals surface area contributed by atoms with Crippen LogP contribution in [0, 0.1) is 46.8 Å². The highest BCUT2D eigenvalue weighted by molar-refractivity contribution is 7.85. The second-order valence-electron chi connectivity index (χ2n) is 14.9. The van der Waals surface area contributed by atoms with Crippen LogP contribution in [0.15, 0.2) is 17.0 Å². The number of aliphatic hydroxyl groups is 1. The van der Waals surface area contributed by atoms with E-state index in [0.29, 0.717) is 35.3 Å². The standard InChI is InChI=1S/C32H42O9S/c1-14(2)20-8-19(42(36,37)38)9-21(15(3)4)26(20)39-29(33)25-23-10-22-24(25)30(34)40-27(22)28(23)41-31(35)32-11-16-5-17(12-32)7-18(6-16)13-32/h8-9,14-18,22-25,27-28,30,34H,5-7,10-13H2,1-4H3,(H,36,37,38). The fraction of sp³-hybridized carbons (Fsp3) is 0.750. The summed E-state index contributed by atoms with van der Waals surface area (Å²) >= 11 is 0. The van der Waals surface area contributed by atoms with Gasteiger partial charge in [0.15, 0.2) is 6.29 Å². The van der Waals surface area contributed by atoms with Crippen LogP contribution in [0.25, 0.3) is 0 Å². The van der Waals surface area contributed by atoms with E-state index in [1.807, 2.05) is 27.7 Å². The molecule has 2 N–H and O–H groups in total. The van der Waals surface area contributed by atoms with Gasteiger partial charge in [0.25, 0.3) is 10.1 Å². The SMILES string of the molecule is CC(C)c1cc(S(=O)(=O)O)cc(C(C)C)c1OC(=O)C1C2CC3C(OC(O)C31)C2OC(=O)C12CC3CC(CC(C3)C1)C2. The van der Waals surface area contributed by atoms with E-state index < -0.39 is 51.8 Å². The van der Waals surface area contributed by atoms with Gasteiger partial charge in [-0.05, 0) is 104 Å². The number of benzene rings is 1. The first-order chi connectivity index (χ1) is 19.8. The Bertz CT molecular complexity index is 1350. The Morgan fingerprint density at radius 3 is 1.98 bits per heavy atom. The first kappa shape index (κ1) is 28.7. The molecule has 230 valence electrons. The molecule has 7 atom stereocenters. The lowest BCUT2D eigenvalue weighted by molar-refractivity contribution is -0.189. The molecule has 7 unspecified atom stereocenters. The lowest BCUT2D eigenvalue weighted by atomic mass is 9.49. The van der Waals surface area contributed by atoms with Crippen LogP contribution in [0.5, 0.6) is 5.75 Å². The Balaban J connectivity index is 1.17. The zero-order valence-electron chi connectivity index (χ0n) is 24.7. The van der Waals surface area contributed by atoms with Gasteiger partial charge in [0.2, 0.25) is 0 Å². The molecule has 42 heavy (non-hydrogen) atoms. The van der Waals surface area contributed by atoms with Crippen LogP contribution in [0.1, 0.15) is 95.6 Å². The van der Waals surface area contributed by atoms with E-state index in [4.69, 9.17) is 14.2 Å². The topological polar surface area (TPSA) is 136 Å². The minimum atomic E-state index is -4.47. The number of esters is 2. The molecule has 6 bridgehead atoms. The molecule has 10 heteroatoms. The summed E-state index contributed by atoms with van der Waals surface area (Å²) in [5.74, 6) is -0.629. The van der Waals surface area contributed by atoms with Crippen LogP contribution in [-0.2, 0) is 29.2 Å². The van der Waals surface area contributed by atoms with E-state index >= 15 is 0 Å². The van der Waals surface area contributed by atoms with Gasteiger partial charge in [0, 0.05) is 11.8 Å². The largest absolute Gasteiger partial charge is 0.459 e. The normalized spacial score (nSPS) is 41.2. The molecule has 1 aromatic carbocycles. The maximum atomic E-state index is 14.0. The first-order valence-corrected chi connectivity index (χ1v) is 17.1. The van der Waals surface area contributed by atoms with Crippen molar-refractivity contribution in [3.63, 3.8) is 0 Å². The molecule has 7 aliphatic rings. The minimum Gasteiger partial charge on any atom is -0.459 e. The highest BCUT2D eigenvalue weighted by atomic mass is 32.2. The zero-order chi connectivity index (χ0) is 29.9. The molecule has 0 aromatic heterocycles. The van der Waals surface area contributed by atoms with E-state index in [9.17, 15) is 27.7 Å². The smallest absolute Gasteiger partial charge is 0.315 e. The Hall–Kier alpha value is -2.01. The Labute approximate surface area is 247 Å². The highest BCUT2D eigenvalue weighted by Crippen LogP contribution is 2.63. The van der Waals surface area contributed by atoms with Crippen molar-refractivity contribution < 1.29 is 41.9 Å². The third-order valence-corrected chi connectivity index (χ3v) is 12.4. The van der Waals surface area contributed by atoms with Gasteiger partial charge in [-0.15, -0.1) is 0 Å². The van der Waals surface area contributed by atoms with E-state index in [2.05, 4.69) is 0 Å². The van der Waals surface area contributed by atoms with Crippen molar-refractivity contribution in [1.29, 1.82) is 0 Å². The second kappa shape index (κ2) is 9.74. The number of carbonyl (C=O) groups excluding carboxylic acids is 2. The summed E-state index contributed by atoms with van der Waals surface area (Å²) < 4.78 is 52.2. The van der Waals surface area contributed by atoms with E-state index in [0.717, 1.165) is 19.3 Å². The summed E-state index contributed by atoms with van der Waals surface area (Å²) in [4.78, 5) is 27.7.